The minimum Gasteiger partial charge on any atom is -0.377 e. The van der Waals surface area contributed by atoms with E-state index in [0.29, 0.717) is 56.2 Å². The van der Waals surface area contributed by atoms with E-state index in [1.165, 1.54) is 16.4 Å². The number of nitrogens with zero attached hydrogens (tertiary/aromatic N) is 3. The number of aromatic nitrogens is 3. The maximum atomic E-state index is 12.9. The van der Waals surface area contributed by atoms with E-state index in [0.717, 1.165) is 37.5 Å². The highest BCUT2D eigenvalue weighted by atomic mass is 32.2. The van der Waals surface area contributed by atoms with E-state index in [9.17, 15) is 4.79 Å². The highest BCUT2D eigenvalue weighted by Crippen LogP contribution is 2.23. The highest BCUT2D eigenvalue weighted by molar-refractivity contribution is 7.99. The van der Waals surface area contributed by atoms with Gasteiger partial charge in [-0.2, -0.15) is 4.68 Å². The lowest BCUT2D eigenvalue weighted by molar-refractivity contribution is 0.0712. The summed E-state index contributed by atoms with van der Waals surface area (Å²) in [7, 11) is -0.572. The van der Waals surface area contributed by atoms with Gasteiger partial charge in [-0.3, -0.25) is 0 Å². The van der Waals surface area contributed by atoms with Crippen molar-refractivity contribution in [1.82, 2.24) is 20.1 Å². The van der Waals surface area contributed by atoms with Crippen molar-refractivity contribution in [3.63, 3.8) is 0 Å². The van der Waals surface area contributed by atoms with Gasteiger partial charge in [0.05, 0.1) is 0 Å². The lowest BCUT2D eigenvalue weighted by Crippen LogP contribution is -2.46. The van der Waals surface area contributed by atoms with E-state index >= 15 is 0 Å². The van der Waals surface area contributed by atoms with Crippen LogP contribution in [-0.4, -0.2) is 91.9 Å². The van der Waals surface area contributed by atoms with Crippen LogP contribution in [0.25, 0.3) is 0 Å². The van der Waals surface area contributed by atoms with Gasteiger partial charge in [-0.15, -0.1) is 5.10 Å². The molecule has 0 aliphatic carbocycles. The summed E-state index contributed by atoms with van der Waals surface area (Å²) in [6, 6.07) is 1.06. The molecule has 0 aliphatic heterocycles. The van der Waals surface area contributed by atoms with Crippen molar-refractivity contribution in [1.29, 1.82) is 0 Å². The first-order chi connectivity index (χ1) is 17.9. The Bertz CT molecular complexity index is 731. The van der Waals surface area contributed by atoms with Crippen LogP contribution < -0.4 is 5.32 Å². The van der Waals surface area contributed by atoms with E-state index in [4.69, 9.17) is 26.6 Å². The van der Waals surface area contributed by atoms with E-state index < -0.39 is 17.6 Å². The van der Waals surface area contributed by atoms with Gasteiger partial charge in [0.2, 0.25) is 5.16 Å². The summed E-state index contributed by atoms with van der Waals surface area (Å²) in [6.45, 7) is 10.2. The van der Waals surface area contributed by atoms with Gasteiger partial charge in [0, 0.05) is 72.0 Å². The fraction of sp³-hybridized carbons (Fsp3) is 0.870. The number of unbranched alkanes of at least 4 members (excludes halogenated alkanes) is 2. The van der Waals surface area contributed by atoms with Gasteiger partial charge in [-0.1, -0.05) is 31.5 Å². The Morgan fingerprint density at radius 3 is 2.00 bits per heavy atom. The van der Waals surface area contributed by atoms with E-state index in [1.807, 2.05) is 20.8 Å². The number of carbonyl (C=O) groups excluding carboxylic acids is 1. The minimum absolute atomic E-state index is 0.277. The Balaban J connectivity index is 2.75. The second-order valence-electron chi connectivity index (χ2n) is 8.24. The summed E-state index contributed by atoms with van der Waals surface area (Å²) < 4.78 is 35.6. The predicted octanol–water partition coefficient (Wildman–Crippen LogP) is 4.37. The van der Waals surface area contributed by atoms with Gasteiger partial charge in [-0.25, -0.2) is 9.78 Å². The first kappa shape index (κ1) is 34.2. The third-order valence-electron chi connectivity index (χ3n) is 5.67. The average molecular weight is 581 g/mol. The molecule has 1 heterocycles. The molecule has 1 N–H and O–H groups in total. The van der Waals surface area contributed by atoms with Gasteiger partial charge in [0.25, 0.3) is 0 Å². The van der Waals surface area contributed by atoms with Crippen LogP contribution in [0.5, 0.6) is 0 Å². The molecule has 0 atom stereocenters. The second-order valence-corrected chi connectivity index (χ2v) is 15.1. The number of carbonyl (C=O) groups is 1. The summed E-state index contributed by atoms with van der Waals surface area (Å²) >= 11 is 1.54. The SMILES string of the molecule is CCCCCc1nc(SCCC[Si](OCC)(OCC)OCC)nn1C(=O)NCCC[Si](OC)(OC)OC. The number of thioether (sulfide) groups is 1. The molecule has 0 saturated carbocycles. The summed E-state index contributed by atoms with van der Waals surface area (Å²) in [4.78, 5) is 17.6. The first-order valence-electron chi connectivity index (χ1n) is 13.3. The van der Waals surface area contributed by atoms with Crippen molar-refractivity contribution in [3.05, 3.63) is 5.82 Å². The van der Waals surface area contributed by atoms with Crippen LogP contribution in [-0.2, 0) is 33.0 Å². The lowest BCUT2D eigenvalue weighted by Gasteiger charge is -2.28. The van der Waals surface area contributed by atoms with Crippen LogP contribution in [0.3, 0.4) is 0 Å². The van der Waals surface area contributed by atoms with Crippen molar-refractivity contribution in [2.75, 3.05) is 53.4 Å². The zero-order valence-corrected chi connectivity index (χ0v) is 26.6. The molecule has 0 saturated heterocycles. The molecular formula is C23H48N4O7SSi2. The molecule has 37 heavy (non-hydrogen) atoms. The molecule has 1 amide bonds. The fourth-order valence-corrected chi connectivity index (χ4v) is 9.20. The van der Waals surface area contributed by atoms with E-state index in [-0.39, 0.29) is 6.03 Å². The largest absolute Gasteiger partial charge is 0.500 e. The molecule has 1 aromatic rings. The Kier molecular flexibility index (Phi) is 17.8. The highest BCUT2D eigenvalue weighted by Gasteiger charge is 2.39. The third-order valence-corrected chi connectivity index (χ3v) is 12.6. The Labute approximate surface area is 229 Å². The van der Waals surface area contributed by atoms with Crippen molar-refractivity contribution >= 4 is 35.4 Å². The number of hydrogen-bond acceptors (Lipinski definition) is 10. The molecule has 0 fully saturated rings. The van der Waals surface area contributed by atoms with Crippen LogP contribution in [0.15, 0.2) is 5.16 Å². The van der Waals surface area contributed by atoms with Crippen molar-refractivity contribution in [3.8, 4) is 0 Å². The number of nitrogens with one attached hydrogen (secondary N) is 1. The first-order valence-corrected chi connectivity index (χ1v) is 18.2. The molecule has 0 aromatic carbocycles. The maximum absolute atomic E-state index is 12.9. The summed E-state index contributed by atoms with van der Waals surface area (Å²) in [5.41, 5.74) is 0. The lowest BCUT2D eigenvalue weighted by atomic mass is 10.2. The number of hydrogen-bond donors (Lipinski definition) is 1. The molecule has 0 bridgehead atoms. The molecule has 0 spiro atoms. The summed E-state index contributed by atoms with van der Waals surface area (Å²) in [5, 5.41) is 8.06. The van der Waals surface area contributed by atoms with Crippen LogP contribution in [0.4, 0.5) is 4.79 Å². The molecule has 1 aromatic heterocycles. The molecule has 0 aliphatic rings. The van der Waals surface area contributed by atoms with Gasteiger partial charge in [0.15, 0.2) is 0 Å². The predicted molar refractivity (Wildman–Crippen MR) is 149 cm³/mol. The van der Waals surface area contributed by atoms with Crippen LogP contribution in [0.2, 0.25) is 12.1 Å². The Morgan fingerprint density at radius 1 is 0.865 bits per heavy atom. The zero-order valence-electron chi connectivity index (χ0n) is 23.8. The van der Waals surface area contributed by atoms with E-state index in [1.54, 1.807) is 21.3 Å². The molecular weight excluding hydrogens is 533 g/mol. The van der Waals surface area contributed by atoms with Gasteiger partial charge in [0.1, 0.15) is 5.82 Å². The summed E-state index contributed by atoms with van der Waals surface area (Å²) in [5.74, 6) is 1.46. The van der Waals surface area contributed by atoms with E-state index in [2.05, 4.69) is 22.3 Å². The Hall–Kier alpha value is -0.846. The normalized spacial score (nSPS) is 12.3. The third kappa shape index (κ3) is 11.8. The number of rotatable bonds is 22. The second kappa shape index (κ2) is 19.3. The standard InChI is InChI=1S/C23H48N4O7SSi2/c1-8-12-13-16-21-25-22(35-18-15-20-37(32-9-2,33-10-3)34-11-4)26-27(21)23(28)24-17-14-19-36(29-5,30-6)31-7/h8-20H2,1-7H3,(H,24,28). The number of aryl methyl sites for hydroxylation is 1. The van der Waals surface area contributed by atoms with Crippen molar-refractivity contribution < 1.29 is 31.4 Å². The maximum Gasteiger partial charge on any atom is 0.500 e. The molecule has 14 heteroatoms. The Morgan fingerprint density at radius 2 is 1.46 bits per heavy atom. The smallest absolute Gasteiger partial charge is 0.377 e. The minimum atomic E-state index is -2.67. The molecule has 0 unspecified atom stereocenters. The van der Waals surface area contributed by atoms with Gasteiger partial charge >= 0.3 is 23.6 Å². The van der Waals surface area contributed by atoms with Gasteiger partial charge < -0.3 is 31.9 Å². The molecule has 11 nitrogen and oxygen atoms in total. The summed E-state index contributed by atoms with van der Waals surface area (Å²) in [6.07, 6.45) is 5.34. The van der Waals surface area contributed by atoms with Gasteiger partial charge in [-0.05, 0) is 40.0 Å². The van der Waals surface area contributed by atoms with Crippen LogP contribution in [0.1, 0.15) is 65.6 Å². The van der Waals surface area contributed by atoms with Crippen LogP contribution >= 0.6 is 11.8 Å². The zero-order chi connectivity index (χ0) is 27.6. The monoisotopic (exact) mass is 580 g/mol. The topological polar surface area (TPSA) is 115 Å². The quantitative estimate of drug-likeness (QED) is 0.120. The van der Waals surface area contributed by atoms with Crippen molar-refractivity contribution in [2.24, 2.45) is 0 Å². The average Bonchev–Trinajstić information content (AvgIpc) is 3.31. The molecule has 1 rings (SSSR count). The van der Waals surface area contributed by atoms with Crippen LogP contribution in [0, 0.1) is 0 Å². The van der Waals surface area contributed by atoms with Crippen molar-refractivity contribution in [2.45, 2.75) is 83.5 Å². The molecule has 0 radical (unpaired) electrons. The fourth-order valence-electron chi connectivity index (χ4n) is 3.83. The number of amides is 1. The molecule has 216 valence electrons.